The number of amides is 1. The van der Waals surface area contributed by atoms with Crippen molar-refractivity contribution in [1.82, 2.24) is 15.6 Å². The molecule has 3 aromatic rings. The topological polar surface area (TPSA) is 83.3 Å². The molecule has 1 amide bonds. The summed E-state index contributed by atoms with van der Waals surface area (Å²) in [5.74, 6) is -0.125. The number of nitrogens with zero attached hydrogens (tertiary/aromatic N) is 2. The molecule has 0 radical (unpaired) electrons. The number of aromatic nitrogens is 1. The number of hydrogen-bond acceptors (Lipinski definition) is 6. The van der Waals surface area contributed by atoms with Crippen LogP contribution in [0.15, 0.2) is 36.4 Å². The standard InChI is InChI=1S/C22H25N5OS/c1-13-2-7-18-19(23)20(29-22(18)26-13)21(28)24-9-8-14-3-5-16(6-4-14)27-12-15-10-17(27)11-25-15/h2-7,15,17,25H,8-12,23H2,1H3,(H,24,28)/t15-,17-/m1/s1. The Hall–Kier alpha value is -2.64. The first-order chi connectivity index (χ1) is 14.1. The van der Waals surface area contributed by atoms with Crippen LogP contribution in [0.25, 0.3) is 10.2 Å². The molecule has 2 bridgehead atoms. The number of piperazine rings is 1. The molecule has 2 atom stereocenters. The van der Waals surface area contributed by atoms with Gasteiger partial charge in [0.15, 0.2) is 0 Å². The number of benzene rings is 1. The van der Waals surface area contributed by atoms with Crippen molar-refractivity contribution >= 4 is 38.8 Å². The van der Waals surface area contributed by atoms with Crippen molar-refractivity contribution in [3.05, 3.63) is 52.5 Å². The zero-order valence-corrected chi connectivity index (χ0v) is 17.3. The molecule has 4 N–H and O–H groups in total. The van der Waals surface area contributed by atoms with Gasteiger partial charge in [0.1, 0.15) is 9.71 Å². The number of thiophene rings is 1. The van der Waals surface area contributed by atoms with E-state index < -0.39 is 0 Å². The Bertz CT molecular complexity index is 1060. The Morgan fingerprint density at radius 2 is 2.14 bits per heavy atom. The minimum atomic E-state index is -0.125. The molecule has 2 aromatic heterocycles. The second kappa shape index (κ2) is 7.31. The highest BCUT2D eigenvalue weighted by molar-refractivity contribution is 7.21. The summed E-state index contributed by atoms with van der Waals surface area (Å²) in [6.45, 7) is 4.71. The van der Waals surface area contributed by atoms with E-state index in [-0.39, 0.29) is 5.91 Å². The molecule has 29 heavy (non-hydrogen) atoms. The van der Waals surface area contributed by atoms with Gasteiger partial charge < -0.3 is 21.3 Å². The SMILES string of the molecule is Cc1ccc2c(N)c(C(=O)NCCc3ccc(N4C[C@H]5C[C@@H]4CN5)cc3)sc2n1. The summed E-state index contributed by atoms with van der Waals surface area (Å²) in [7, 11) is 0. The average molecular weight is 408 g/mol. The lowest BCUT2D eigenvalue weighted by molar-refractivity contribution is 0.0959. The van der Waals surface area contributed by atoms with E-state index in [1.54, 1.807) is 0 Å². The fourth-order valence-corrected chi connectivity index (χ4v) is 5.45. The maximum atomic E-state index is 12.6. The van der Waals surface area contributed by atoms with Gasteiger partial charge in [-0.1, -0.05) is 12.1 Å². The maximum absolute atomic E-state index is 12.6. The van der Waals surface area contributed by atoms with Crippen molar-refractivity contribution in [3.8, 4) is 0 Å². The van der Waals surface area contributed by atoms with Crippen molar-refractivity contribution in [2.24, 2.45) is 0 Å². The third-order valence-electron chi connectivity index (χ3n) is 5.96. The van der Waals surface area contributed by atoms with Crippen LogP contribution in [0.1, 0.15) is 27.3 Å². The Morgan fingerprint density at radius 1 is 1.31 bits per heavy atom. The van der Waals surface area contributed by atoms with Crippen LogP contribution in [0.4, 0.5) is 11.4 Å². The van der Waals surface area contributed by atoms with Crippen LogP contribution in [0.3, 0.4) is 0 Å². The van der Waals surface area contributed by atoms with Crippen molar-refractivity contribution < 1.29 is 4.79 Å². The number of carbonyl (C=O) groups excluding carboxylic acids is 1. The highest BCUT2D eigenvalue weighted by atomic mass is 32.1. The molecular weight excluding hydrogens is 382 g/mol. The highest BCUT2D eigenvalue weighted by Crippen LogP contribution is 2.32. The number of nitrogen functional groups attached to an aromatic ring is 1. The molecule has 4 heterocycles. The molecule has 1 aromatic carbocycles. The van der Waals surface area contributed by atoms with Crippen LogP contribution < -0.4 is 21.3 Å². The van der Waals surface area contributed by atoms with E-state index in [0.29, 0.717) is 29.2 Å². The quantitative estimate of drug-likeness (QED) is 0.606. The Kier molecular flexibility index (Phi) is 4.64. The minimum absolute atomic E-state index is 0.125. The van der Waals surface area contributed by atoms with Gasteiger partial charge in [0.05, 0.1) is 5.69 Å². The van der Waals surface area contributed by atoms with Crippen LogP contribution in [-0.4, -0.2) is 42.6 Å². The van der Waals surface area contributed by atoms with E-state index >= 15 is 0 Å². The normalized spacial score (nSPS) is 20.5. The molecule has 7 heteroatoms. The van der Waals surface area contributed by atoms with E-state index in [4.69, 9.17) is 5.73 Å². The number of fused-ring (bicyclic) bond motifs is 3. The van der Waals surface area contributed by atoms with Crippen molar-refractivity contribution in [3.63, 3.8) is 0 Å². The van der Waals surface area contributed by atoms with E-state index in [9.17, 15) is 4.79 Å². The third kappa shape index (κ3) is 3.45. The third-order valence-corrected chi connectivity index (χ3v) is 7.08. The zero-order chi connectivity index (χ0) is 20.0. The lowest BCUT2D eigenvalue weighted by Crippen LogP contribution is -2.43. The van der Waals surface area contributed by atoms with Gasteiger partial charge in [-0.2, -0.15) is 0 Å². The number of rotatable bonds is 5. The molecule has 2 fully saturated rings. The molecule has 0 saturated carbocycles. The fraction of sp³-hybridized carbons (Fsp3) is 0.364. The molecule has 2 aliphatic rings. The van der Waals surface area contributed by atoms with Crippen LogP contribution in [-0.2, 0) is 6.42 Å². The first-order valence-corrected chi connectivity index (χ1v) is 10.9. The first-order valence-electron chi connectivity index (χ1n) is 10.1. The number of aryl methyl sites for hydroxylation is 1. The second-order valence-corrected chi connectivity index (χ2v) is 8.97. The Labute approximate surface area is 174 Å². The summed E-state index contributed by atoms with van der Waals surface area (Å²) in [5.41, 5.74) is 10.1. The van der Waals surface area contributed by atoms with Crippen molar-refractivity contribution in [2.75, 3.05) is 30.3 Å². The molecule has 150 valence electrons. The molecule has 0 spiro atoms. The largest absolute Gasteiger partial charge is 0.397 e. The summed E-state index contributed by atoms with van der Waals surface area (Å²) in [6.07, 6.45) is 2.05. The number of nitrogens with two attached hydrogens (primary N) is 1. The molecule has 0 aliphatic carbocycles. The molecule has 2 aliphatic heterocycles. The zero-order valence-electron chi connectivity index (χ0n) is 16.4. The minimum Gasteiger partial charge on any atom is -0.397 e. The second-order valence-electron chi connectivity index (χ2n) is 7.97. The van der Waals surface area contributed by atoms with E-state index in [2.05, 4.69) is 44.8 Å². The molecule has 0 unspecified atom stereocenters. The number of carbonyl (C=O) groups is 1. The average Bonchev–Trinajstić information content (AvgIpc) is 3.43. The lowest BCUT2D eigenvalue weighted by Gasteiger charge is -2.29. The number of pyridine rings is 1. The van der Waals surface area contributed by atoms with Crippen LogP contribution in [0.5, 0.6) is 0 Å². The summed E-state index contributed by atoms with van der Waals surface area (Å²) < 4.78 is 0. The van der Waals surface area contributed by atoms with Gasteiger partial charge in [0.2, 0.25) is 0 Å². The smallest absolute Gasteiger partial charge is 0.263 e. The lowest BCUT2D eigenvalue weighted by atomic mass is 10.1. The Balaban J connectivity index is 1.19. The van der Waals surface area contributed by atoms with Gasteiger partial charge >= 0.3 is 0 Å². The van der Waals surface area contributed by atoms with Gasteiger partial charge in [-0.15, -0.1) is 11.3 Å². The molecule has 2 saturated heterocycles. The first kappa shape index (κ1) is 18.4. The predicted molar refractivity (Wildman–Crippen MR) is 119 cm³/mol. The van der Waals surface area contributed by atoms with Gasteiger partial charge in [0.25, 0.3) is 5.91 Å². The summed E-state index contributed by atoms with van der Waals surface area (Å²) in [6, 6.07) is 13.9. The van der Waals surface area contributed by atoms with Gasteiger partial charge in [-0.25, -0.2) is 4.98 Å². The summed E-state index contributed by atoms with van der Waals surface area (Å²) >= 11 is 1.36. The summed E-state index contributed by atoms with van der Waals surface area (Å²) in [4.78, 5) is 20.9. The Morgan fingerprint density at radius 3 is 2.86 bits per heavy atom. The van der Waals surface area contributed by atoms with Gasteiger partial charge in [-0.05, 0) is 49.6 Å². The fourth-order valence-electron chi connectivity index (χ4n) is 4.39. The van der Waals surface area contributed by atoms with Crippen molar-refractivity contribution in [2.45, 2.75) is 31.8 Å². The van der Waals surface area contributed by atoms with Gasteiger partial charge in [0, 0.05) is 48.5 Å². The van der Waals surface area contributed by atoms with Crippen LogP contribution >= 0.6 is 11.3 Å². The molecule has 6 nitrogen and oxygen atoms in total. The van der Waals surface area contributed by atoms with Gasteiger partial charge in [-0.3, -0.25) is 4.79 Å². The number of nitrogens with one attached hydrogen (secondary N) is 2. The summed E-state index contributed by atoms with van der Waals surface area (Å²) in [5, 5.41) is 7.39. The van der Waals surface area contributed by atoms with Crippen LogP contribution in [0, 0.1) is 6.92 Å². The number of anilines is 2. The van der Waals surface area contributed by atoms with Crippen LogP contribution in [0.2, 0.25) is 0 Å². The van der Waals surface area contributed by atoms with E-state index in [0.717, 1.165) is 35.4 Å². The van der Waals surface area contributed by atoms with E-state index in [1.807, 2.05) is 19.1 Å². The van der Waals surface area contributed by atoms with E-state index in [1.165, 1.54) is 29.0 Å². The maximum Gasteiger partial charge on any atom is 0.263 e. The highest BCUT2D eigenvalue weighted by Gasteiger charge is 2.37. The number of hydrogen-bond donors (Lipinski definition) is 3. The predicted octanol–water partition coefficient (Wildman–Crippen LogP) is 2.71. The van der Waals surface area contributed by atoms with Crippen molar-refractivity contribution in [1.29, 1.82) is 0 Å². The molecular formula is C22H25N5OS. The monoisotopic (exact) mass is 407 g/mol. The molecule has 5 rings (SSSR count).